The molecule has 2 fully saturated rings. The van der Waals surface area contributed by atoms with Crippen LogP contribution in [-0.4, -0.2) is 93.1 Å². The Kier molecular flexibility index (Phi) is 16.5. The number of fused-ring (bicyclic) bond motifs is 5. The molecule has 0 aromatic heterocycles. The van der Waals surface area contributed by atoms with Crippen molar-refractivity contribution < 1.29 is 45.3 Å². The lowest BCUT2D eigenvalue weighted by Gasteiger charge is -2.50. The molecule has 5 nitrogen and oxygen atoms in total. The van der Waals surface area contributed by atoms with Crippen LogP contribution in [0.3, 0.4) is 0 Å². The minimum absolute atomic E-state index is 0.0352. The van der Waals surface area contributed by atoms with Gasteiger partial charge >= 0.3 is 12.4 Å². The standard InChI is InChI=1S/C40H63F6NO4S2/c1-36(2,53-52-27-10-8-7-9-23-48-6)20-21-47(5)22-26-49-30-13-15-31-29(28-30)12-14-33-32(31)18-19-37(3)34(33)16-17-35(37)50-24-11-25-51-38(4,39(41,42)43)40(44,45)46/h13,15,28,32-35H,7-12,14,16-27H2,1-6H3. The van der Waals surface area contributed by atoms with Crippen molar-refractivity contribution in [2.75, 3.05) is 59.4 Å². The zero-order chi connectivity index (χ0) is 38.9. The third kappa shape index (κ3) is 11.8. The maximum atomic E-state index is 13.1. The van der Waals surface area contributed by atoms with Crippen LogP contribution in [0.25, 0.3) is 0 Å². The van der Waals surface area contributed by atoms with E-state index in [1.165, 1.54) is 36.1 Å². The van der Waals surface area contributed by atoms with E-state index in [2.05, 4.69) is 55.7 Å². The second-order valence-corrected chi connectivity index (χ2v) is 19.6. The fraction of sp³-hybridized carbons (Fsp3) is 0.850. The molecule has 13 heteroatoms. The first kappa shape index (κ1) is 44.8. The van der Waals surface area contributed by atoms with E-state index in [1.807, 2.05) is 21.6 Å². The Hall–Kier alpha value is -0.860. The highest BCUT2D eigenvalue weighted by Crippen LogP contribution is 2.61. The quantitative estimate of drug-likeness (QED) is 0.0657. The summed E-state index contributed by atoms with van der Waals surface area (Å²) in [5.41, 5.74) is -1.44. The zero-order valence-corrected chi connectivity index (χ0v) is 34.3. The van der Waals surface area contributed by atoms with Crippen LogP contribution in [-0.2, 0) is 20.6 Å². The number of rotatable bonds is 22. The summed E-state index contributed by atoms with van der Waals surface area (Å²) in [7, 11) is 7.93. The van der Waals surface area contributed by atoms with Crippen LogP contribution in [0.2, 0.25) is 0 Å². The second-order valence-electron chi connectivity index (χ2n) is 16.5. The second kappa shape index (κ2) is 19.5. The lowest BCUT2D eigenvalue weighted by molar-refractivity contribution is -0.374. The minimum atomic E-state index is -5.55. The van der Waals surface area contributed by atoms with Gasteiger partial charge in [-0.2, -0.15) is 26.3 Å². The van der Waals surface area contributed by atoms with Gasteiger partial charge in [0.2, 0.25) is 0 Å². The number of nitrogens with zero attached hydrogens (tertiary/aromatic N) is 1. The summed E-state index contributed by atoms with van der Waals surface area (Å²) in [6, 6.07) is 6.62. The van der Waals surface area contributed by atoms with Gasteiger partial charge in [-0.15, -0.1) is 0 Å². The lowest BCUT2D eigenvalue weighted by atomic mass is 9.55. The number of methoxy groups -OCH3 is 1. The topological polar surface area (TPSA) is 40.2 Å². The normalized spacial score (nSPS) is 25.0. The van der Waals surface area contributed by atoms with Crippen LogP contribution in [0, 0.1) is 17.3 Å². The van der Waals surface area contributed by atoms with Crippen molar-refractivity contribution in [3.05, 3.63) is 29.3 Å². The van der Waals surface area contributed by atoms with Crippen molar-refractivity contribution in [3.8, 4) is 5.75 Å². The SMILES string of the molecule is COCCCCCCSSC(C)(C)CCN(C)CCOc1ccc2c(c1)CCC1C2CCC2(C)C(OCCCOC(C)(C(F)(F)F)C(F)(F)F)CCC12. The number of halogens is 6. The predicted octanol–water partition coefficient (Wildman–Crippen LogP) is 11.3. The molecule has 1 aromatic carbocycles. The van der Waals surface area contributed by atoms with Gasteiger partial charge in [0.15, 0.2) is 0 Å². The summed E-state index contributed by atoms with van der Waals surface area (Å²) in [4.78, 5) is 2.36. The van der Waals surface area contributed by atoms with Crippen molar-refractivity contribution in [1.82, 2.24) is 4.90 Å². The van der Waals surface area contributed by atoms with Crippen LogP contribution < -0.4 is 4.74 Å². The van der Waals surface area contributed by atoms with Gasteiger partial charge in [0, 0.05) is 37.4 Å². The molecule has 53 heavy (non-hydrogen) atoms. The first-order chi connectivity index (χ1) is 24.9. The van der Waals surface area contributed by atoms with Gasteiger partial charge in [-0.25, -0.2) is 0 Å². The smallest absolute Gasteiger partial charge is 0.426 e. The number of alkyl halides is 6. The van der Waals surface area contributed by atoms with Crippen LogP contribution in [0.15, 0.2) is 18.2 Å². The van der Waals surface area contributed by atoms with Gasteiger partial charge < -0.3 is 23.8 Å². The number of ether oxygens (including phenoxy) is 4. The number of unbranched alkanes of at least 4 members (excludes halogenated alkanes) is 3. The highest BCUT2D eigenvalue weighted by Gasteiger charge is 2.69. The van der Waals surface area contributed by atoms with Gasteiger partial charge in [-0.1, -0.05) is 47.4 Å². The highest BCUT2D eigenvalue weighted by molar-refractivity contribution is 8.77. The van der Waals surface area contributed by atoms with E-state index >= 15 is 0 Å². The Labute approximate surface area is 322 Å². The van der Waals surface area contributed by atoms with Gasteiger partial charge in [-0.3, -0.25) is 0 Å². The van der Waals surface area contributed by atoms with E-state index in [9.17, 15) is 26.3 Å². The van der Waals surface area contributed by atoms with Crippen LogP contribution in [0.4, 0.5) is 26.3 Å². The monoisotopic (exact) mass is 799 g/mol. The molecule has 1 aromatic rings. The number of likely N-dealkylation sites (N-methyl/N-ethyl adjacent to an activating group) is 1. The van der Waals surface area contributed by atoms with E-state index in [0.717, 1.165) is 76.8 Å². The molecule has 2 saturated carbocycles. The number of hydrogen-bond acceptors (Lipinski definition) is 7. The Morgan fingerprint density at radius 1 is 0.849 bits per heavy atom. The molecule has 5 atom stereocenters. The molecule has 0 N–H and O–H groups in total. The average molecular weight is 800 g/mol. The zero-order valence-electron chi connectivity index (χ0n) is 32.6. The summed E-state index contributed by atoms with van der Waals surface area (Å²) < 4.78 is 101. The fourth-order valence-corrected chi connectivity index (χ4v) is 11.4. The van der Waals surface area contributed by atoms with Crippen molar-refractivity contribution in [2.24, 2.45) is 17.3 Å². The van der Waals surface area contributed by atoms with Gasteiger partial charge in [0.25, 0.3) is 5.60 Å². The van der Waals surface area contributed by atoms with Gasteiger partial charge in [0.05, 0.1) is 12.7 Å². The molecule has 0 saturated heterocycles. The molecule has 0 radical (unpaired) electrons. The van der Waals surface area contributed by atoms with E-state index < -0.39 is 24.6 Å². The molecule has 306 valence electrons. The Balaban J connectivity index is 1.17. The van der Waals surface area contributed by atoms with Gasteiger partial charge in [-0.05, 0) is 145 Å². The van der Waals surface area contributed by atoms with E-state index in [0.29, 0.717) is 24.4 Å². The highest BCUT2D eigenvalue weighted by atomic mass is 33.1. The number of benzene rings is 1. The first-order valence-corrected chi connectivity index (χ1v) is 21.9. The van der Waals surface area contributed by atoms with Crippen LogP contribution in [0.5, 0.6) is 5.75 Å². The Bertz CT molecular complexity index is 1250. The molecular weight excluding hydrogens is 737 g/mol. The summed E-state index contributed by atoms with van der Waals surface area (Å²) in [5, 5.41) is 0. The van der Waals surface area contributed by atoms with Crippen molar-refractivity contribution in [1.29, 1.82) is 0 Å². The van der Waals surface area contributed by atoms with E-state index in [1.54, 1.807) is 7.11 Å². The van der Waals surface area contributed by atoms with E-state index in [4.69, 9.17) is 14.2 Å². The Morgan fingerprint density at radius 2 is 1.58 bits per heavy atom. The fourth-order valence-electron chi connectivity index (χ4n) is 8.65. The van der Waals surface area contributed by atoms with Crippen molar-refractivity contribution >= 4 is 21.6 Å². The molecule has 0 spiro atoms. The molecule has 3 aliphatic rings. The number of hydrogen-bond donors (Lipinski definition) is 0. The molecule has 3 aliphatic carbocycles. The van der Waals surface area contributed by atoms with Crippen LogP contribution in [0.1, 0.15) is 115 Å². The van der Waals surface area contributed by atoms with Crippen LogP contribution >= 0.6 is 21.6 Å². The molecule has 4 rings (SSSR count). The summed E-state index contributed by atoms with van der Waals surface area (Å²) >= 11 is 0. The van der Waals surface area contributed by atoms with Crippen molar-refractivity contribution in [2.45, 2.75) is 139 Å². The summed E-state index contributed by atoms with van der Waals surface area (Å²) in [5.74, 6) is 3.60. The first-order valence-electron chi connectivity index (χ1n) is 19.5. The molecule has 0 amide bonds. The summed E-state index contributed by atoms with van der Waals surface area (Å²) in [6.07, 6.45) is 0.834. The largest absolute Gasteiger partial charge is 0.492 e. The Morgan fingerprint density at radius 3 is 2.30 bits per heavy atom. The maximum Gasteiger partial charge on any atom is 0.426 e. The third-order valence-electron chi connectivity index (χ3n) is 12.1. The van der Waals surface area contributed by atoms with Crippen molar-refractivity contribution in [3.63, 3.8) is 0 Å². The van der Waals surface area contributed by atoms with E-state index in [-0.39, 0.29) is 36.2 Å². The third-order valence-corrected chi connectivity index (χ3v) is 15.6. The molecule has 0 bridgehead atoms. The minimum Gasteiger partial charge on any atom is -0.492 e. The van der Waals surface area contributed by atoms with Gasteiger partial charge in [0.1, 0.15) is 12.4 Å². The molecular formula is C40H63F6NO4S2. The maximum absolute atomic E-state index is 13.1. The average Bonchev–Trinajstić information content (AvgIpc) is 3.43. The summed E-state index contributed by atoms with van der Waals surface area (Å²) in [6.45, 7) is 9.77. The number of aryl methyl sites for hydroxylation is 1. The predicted molar refractivity (Wildman–Crippen MR) is 204 cm³/mol. The molecule has 0 heterocycles. The molecule has 5 unspecified atom stereocenters. The molecule has 0 aliphatic heterocycles. The lowest BCUT2D eigenvalue weighted by Crippen LogP contribution is -2.56.